The van der Waals surface area contributed by atoms with E-state index in [1.807, 2.05) is 36.4 Å². The molecule has 1 amide bonds. The van der Waals surface area contributed by atoms with Crippen molar-refractivity contribution in [3.8, 4) is 11.3 Å². The molecule has 1 aliphatic carbocycles. The van der Waals surface area contributed by atoms with E-state index < -0.39 is 9.84 Å². The molecule has 1 aliphatic heterocycles. The Labute approximate surface area is 174 Å². The van der Waals surface area contributed by atoms with Crippen molar-refractivity contribution in [2.75, 3.05) is 29.9 Å². The Morgan fingerprint density at radius 2 is 1.80 bits per heavy atom. The summed E-state index contributed by atoms with van der Waals surface area (Å²) in [4.78, 5) is 18.5. The van der Waals surface area contributed by atoms with Crippen molar-refractivity contribution in [3.05, 3.63) is 59.7 Å². The van der Waals surface area contributed by atoms with Gasteiger partial charge in [-0.05, 0) is 24.1 Å². The van der Waals surface area contributed by atoms with E-state index in [-0.39, 0.29) is 23.4 Å². The van der Waals surface area contributed by atoms with Gasteiger partial charge in [0.25, 0.3) is 5.91 Å². The Balaban J connectivity index is 1.34. The molecule has 0 unspecified atom stereocenters. The van der Waals surface area contributed by atoms with E-state index in [4.69, 9.17) is 0 Å². The van der Waals surface area contributed by atoms with Crippen molar-refractivity contribution < 1.29 is 13.2 Å². The highest BCUT2D eigenvalue weighted by Crippen LogP contribution is 2.23. The summed E-state index contributed by atoms with van der Waals surface area (Å²) in [5.41, 5.74) is 4.41. The zero-order valence-corrected chi connectivity index (χ0v) is 17.1. The maximum atomic E-state index is 11.9. The van der Waals surface area contributed by atoms with Crippen molar-refractivity contribution >= 4 is 27.3 Å². The van der Waals surface area contributed by atoms with Crippen molar-refractivity contribution in [2.24, 2.45) is 0 Å². The number of hydrogen-bond donors (Lipinski definition) is 1. The highest BCUT2D eigenvalue weighted by atomic mass is 32.2. The predicted octanol–water partition coefficient (Wildman–Crippen LogP) is 1.90. The number of amides is 1. The Hall–Kier alpha value is -3.04. The highest BCUT2D eigenvalue weighted by molar-refractivity contribution is 7.91. The SMILES string of the molecule is O=C(Nc1nc2cccc(-c3ccc(CN4CCS(=O)(=O)CC4)cc3)n2n1)C1=CC1. The number of pyridine rings is 1. The highest BCUT2D eigenvalue weighted by Gasteiger charge is 2.22. The standard InChI is InChI=1S/C21H21N5O3S/c27-20(17-8-9-17)23-21-22-19-3-1-2-18(26(19)24-21)16-6-4-15(5-7-16)14-25-10-12-30(28,29)13-11-25/h1-8H,9-14H2,(H,23,24,27). The number of benzene rings is 1. The molecule has 8 nitrogen and oxygen atoms in total. The van der Waals surface area contributed by atoms with Gasteiger partial charge in [0, 0.05) is 30.8 Å². The van der Waals surface area contributed by atoms with Crippen LogP contribution in [0, 0.1) is 0 Å². The predicted molar refractivity (Wildman–Crippen MR) is 114 cm³/mol. The summed E-state index contributed by atoms with van der Waals surface area (Å²) < 4.78 is 24.9. The minimum Gasteiger partial charge on any atom is -0.297 e. The third-order valence-electron chi connectivity index (χ3n) is 5.38. The average molecular weight is 423 g/mol. The number of nitrogens with zero attached hydrogens (tertiary/aromatic N) is 4. The van der Waals surface area contributed by atoms with E-state index in [0.29, 0.717) is 18.7 Å². The number of carbonyl (C=O) groups is 1. The molecule has 0 spiro atoms. The normalized spacial score (nSPS) is 18.2. The van der Waals surface area contributed by atoms with Crippen LogP contribution in [0.4, 0.5) is 5.95 Å². The second-order valence-electron chi connectivity index (χ2n) is 7.63. The van der Waals surface area contributed by atoms with Crippen LogP contribution in [0.3, 0.4) is 0 Å². The van der Waals surface area contributed by atoms with Gasteiger partial charge in [-0.3, -0.25) is 15.0 Å². The fourth-order valence-electron chi connectivity index (χ4n) is 3.54. The van der Waals surface area contributed by atoms with Crippen LogP contribution >= 0.6 is 0 Å². The second kappa shape index (κ2) is 7.33. The number of carbonyl (C=O) groups excluding carboxylic acids is 1. The minimum atomic E-state index is -2.87. The molecule has 9 heteroatoms. The number of anilines is 1. The largest absolute Gasteiger partial charge is 0.297 e. The summed E-state index contributed by atoms with van der Waals surface area (Å²) in [6.07, 6.45) is 2.59. The first-order chi connectivity index (χ1) is 14.5. The topological polar surface area (TPSA) is 96.7 Å². The Morgan fingerprint density at radius 3 is 2.50 bits per heavy atom. The maximum absolute atomic E-state index is 11.9. The number of sulfone groups is 1. The summed E-state index contributed by atoms with van der Waals surface area (Å²) in [5, 5.41) is 7.18. The summed E-state index contributed by atoms with van der Waals surface area (Å²) in [6, 6.07) is 13.9. The summed E-state index contributed by atoms with van der Waals surface area (Å²) >= 11 is 0. The zero-order chi connectivity index (χ0) is 20.7. The van der Waals surface area contributed by atoms with E-state index in [1.54, 1.807) is 4.52 Å². The molecule has 1 saturated heterocycles. The van der Waals surface area contributed by atoms with Gasteiger partial charge in [0.1, 0.15) is 0 Å². The molecule has 3 heterocycles. The number of rotatable bonds is 5. The Kier molecular flexibility index (Phi) is 4.63. The van der Waals surface area contributed by atoms with E-state index in [0.717, 1.165) is 35.4 Å². The van der Waals surface area contributed by atoms with Gasteiger partial charge in [0.15, 0.2) is 15.5 Å². The minimum absolute atomic E-state index is 0.151. The third-order valence-corrected chi connectivity index (χ3v) is 6.99. The van der Waals surface area contributed by atoms with Crippen LogP contribution < -0.4 is 5.32 Å². The van der Waals surface area contributed by atoms with E-state index in [9.17, 15) is 13.2 Å². The maximum Gasteiger partial charge on any atom is 0.253 e. The number of aromatic nitrogens is 3. The molecule has 0 bridgehead atoms. The van der Waals surface area contributed by atoms with Crippen LogP contribution in [0.2, 0.25) is 0 Å². The van der Waals surface area contributed by atoms with E-state index in [1.165, 1.54) is 0 Å². The molecular formula is C21H21N5O3S. The molecule has 1 N–H and O–H groups in total. The van der Waals surface area contributed by atoms with Gasteiger partial charge < -0.3 is 0 Å². The van der Waals surface area contributed by atoms with Crippen molar-refractivity contribution in [1.82, 2.24) is 19.5 Å². The number of hydrogen-bond acceptors (Lipinski definition) is 6. The van der Waals surface area contributed by atoms with Gasteiger partial charge in [0.05, 0.1) is 17.2 Å². The molecule has 1 fully saturated rings. The Morgan fingerprint density at radius 1 is 1.07 bits per heavy atom. The van der Waals surface area contributed by atoms with E-state index in [2.05, 4.69) is 32.4 Å². The molecule has 0 saturated carbocycles. The summed E-state index contributed by atoms with van der Waals surface area (Å²) in [7, 11) is -2.87. The third kappa shape index (κ3) is 3.99. The lowest BCUT2D eigenvalue weighted by Gasteiger charge is -2.26. The average Bonchev–Trinajstić information content (AvgIpc) is 3.50. The molecule has 154 valence electrons. The quantitative estimate of drug-likeness (QED) is 0.673. The molecular weight excluding hydrogens is 402 g/mol. The van der Waals surface area contributed by atoms with Crippen LogP contribution in [0.25, 0.3) is 16.9 Å². The number of fused-ring (bicyclic) bond motifs is 1. The van der Waals surface area contributed by atoms with Gasteiger partial charge >= 0.3 is 0 Å². The van der Waals surface area contributed by atoms with Crippen LogP contribution in [0.1, 0.15) is 12.0 Å². The lowest BCUT2D eigenvalue weighted by atomic mass is 10.1. The number of nitrogens with one attached hydrogen (secondary N) is 1. The molecule has 2 aromatic heterocycles. The van der Waals surface area contributed by atoms with Gasteiger partial charge in [-0.15, -0.1) is 5.10 Å². The van der Waals surface area contributed by atoms with Crippen LogP contribution in [0.5, 0.6) is 0 Å². The van der Waals surface area contributed by atoms with Crippen LogP contribution in [0.15, 0.2) is 54.1 Å². The lowest BCUT2D eigenvalue weighted by molar-refractivity contribution is -0.112. The van der Waals surface area contributed by atoms with E-state index >= 15 is 0 Å². The monoisotopic (exact) mass is 423 g/mol. The van der Waals surface area contributed by atoms with Gasteiger partial charge in [-0.2, -0.15) is 4.98 Å². The van der Waals surface area contributed by atoms with Crippen molar-refractivity contribution in [3.63, 3.8) is 0 Å². The molecule has 30 heavy (non-hydrogen) atoms. The molecule has 3 aromatic rings. The first-order valence-electron chi connectivity index (χ1n) is 9.85. The van der Waals surface area contributed by atoms with Crippen LogP contribution in [-0.4, -0.2) is 58.4 Å². The molecule has 5 rings (SSSR count). The van der Waals surface area contributed by atoms with Crippen LogP contribution in [-0.2, 0) is 21.2 Å². The van der Waals surface area contributed by atoms with Gasteiger partial charge in [-0.25, -0.2) is 12.9 Å². The summed E-state index contributed by atoms with van der Waals surface area (Å²) in [6.45, 7) is 1.89. The molecule has 0 atom stereocenters. The Bertz CT molecular complexity index is 1250. The van der Waals surface area contributed by atoms with Crippen molar-refractivity contribution in [1.29, 1.82) is 0 Å². The molecule has 1 aromatic carbocycles. The lowest BCUT2D eigenvalue weighted by Crippen LogP contribution is -2.39. The molecule has 0 radical (unpaired) electrons. The van der Waals surface area contributed by atoms with Crippen molar-refractivity contribution in [2.45, 2.75) is 13.0 Å². The first-order valence-corrected chi connectivity index (χ1v) is 11.7. The smallest absolute Gasteiger partial charge is 0.253 e. The fourth-order valence-corrected chi connectivity index (χ4v) is 4.82. The number of allylic oxidation sites excluding steroid dienone is 1. The first kappa shape index (κ1) is 19.0. The zero-order valence-electron chi connectivity index (χ0n) is 16.3. The fraction of sp³-hybridized carbons (Fsp3) is 0.286. The van der Waals surface area contributed by atoms with Gasteiger partial charge in [0.2, 0.25) is 5.95 Å². The summed E-state index contributed by atoms with van der Waals surface area (Å²) in [5.74, 6) is 0.602. The van der Waals surface area contributed by atoms with Gasteiger partial charge in [-0.1, -0.05) is 36.4 Å². The second-order valence-corrected chi connectivity index (χ2v) is 9.93. The molecule has 2 aliphatic rings.